The second-order valence-electron chi connectivity index (χ2n) is 4.26. The highest BCUT2D eigenvalue weighted by Gasteiger charge is 2.40. The highest BCUT2D eigenvalue weighted by Crippen LogP contribution is 2.23. The van der Waals surface area contributed by atoms with E-state index in [2.05, 4.69) is 5.32 Å². The Kier molecular flexibility index (Phi) is 5.14. The summed E-state index contributed by atoms with van der Waals surface area (Å²) in [6, 6.07) is 7.05. The van der Waals surface area contributed by atoms with Crippen molar-refractivity contribution in [2.45, 2.75) is 38.7 Å². The Morgan fingerprint density at radius 1 is 1.17 bits per heavy atom. The van der Waals surface area contributed by atoms with Gasteiger partial charge in [0, 0.05) is 6.04 Å². The maximum Gasteiger partial charge on any atom is 0.319 e. The highest BCUT2D eigenvalue weighted by atomic mass is 19.3. The van der Waals surface area contributed by atoms with Gasteiger partial charge >= 0.3 is 12.3 Å². The average Bonchev–Trinajstić information content (AvgIpc) is 2.36. The second kappa shape index (κ2) is 6.18. The lowest BCUT2D eigenvalue weighted by atomic mass is 10.0. The van der Waals surface area contributed by atoms with E-state index in [1.165, 1.54) is 0 Å². The summed E-state index contributed by atoms with van der Waals surface area (Å²) in [7, 11) is 0. The summed E-state index contributed by atoms with van der Waals surface area (Å²) in [6.07, 6.45) is -2.74. The van der Waals surface area contributed by atoms with Crippen molar-refractivity contribution in [2.75, 3.05) is 6.54 Å². The van der Waals surface area contributed by atoms with Crippen molar-refractivity contribution in [1.82, 2.24) is 5.32 Å². The van der Waals surface area contributed by atoms with Gasteiger partial charge in [-0.15, -0.1) is 0 Å². The van der Waals surface area contributed by atoms with E-state index < -0.39 is 18.9 Å². The molecule has 0 heterocycles. The Balaban J connectivity index is 2.57. The third-order valence-electron chi connectivity index (χ3n) is 2.85. The number of hydrogen-bond acceptors (Lipinski definition) is 1. The number of nitrogens with one attached hydrogen (secondary N) is 1. The molecule has 1 nitrogen and oxygen atoms in total. The van der Waals surface area contributed by atoms with Crippen LogP contribution in [0.1, 0.15) is 31.0 Å². The summed E-state index contributed by atoms with van der Waals surface area (Å²) in [4.78, 5) is 0. The predicted molar refractivity (Wildman–Crippen MR) is 63.2 cm³/mol. The molecule has 1 aromatic rings. The van der Waals surface area contributed by atoms with Crippen LogP contribution in [0.4, 0.5) is 17.6 Å². The van der Waals surface area contributed by atoms with Gasteiger partial charge in [0.1, 0.15) is 0 Å². The molecular weight excluding hydrogens is 246 g/mol. The zero-order valence-electron chi connectivity index (χ0n) is 10.4. The Labute approximate surface area is 104 Å². The number of benzene rings is 1. The highest BCUT2D eigenvalue weighted by molar-refractivity contribution is 5.24. The standard InChI is InChI=1S/C13H17F4N/c1-3-10-4-6-11(7-5-10)9(2)18-8-13(16,17)12(14)15/h4-7,9,12,18H,3,8H2,1-2H3. The summed E-state index contributed by atoms with van der Waals surface area (Å²) in [5.74, 6) is -3.99. The van der Waals surface area contributed by atoms with Crippen molar-refractivity contribution in [3.05, 3.63) is 35.4 Å². The van der Waals surface area contributed by atoms with Gasteiger partial charge in [-0.05, 0) is 24.5 Å². The van der Waals surface area contributed by atoms with Crippen LogP contribution >= 0.6 is 0 Å². The van der Waals surface area contributed by atoms with E-state index in [1.54, 1.807) is 6.92 Å². The molecule has 0 saturated carbocycles. The van der Waals surface area contributed by atoms with Crippen molar-refractivity contribution in [2.24, 2.45) is 0 Å². The molecule has 1 atom stereocenters. The predicted octanol–water partition coefficient (Wildman–Crippen LogP) is 3.80. The van der Waals surface area contributed by atoms with Gasteiger partial charge in [0.25, 0.3) is 0 Å². The van der Waals surface area contributed by atoms with Crippen LogP contribution in [0.25, 0.3) is 0 Å². The molecular formula is C13H17F4N. The van der Waals surface area contributed by atoms with Crippen LogP contribution in [-0.2, 0) is 6.42 Å². The average molecular weight is 263 g/mol. The van der Waals surface area contributed by atoms with Crippen LogP contribution in [0.15, 0.2) is 24.3 Å². The molecule has 0 spiro atoms. The zero-order chi connectivity index (χ0) is 13.8. The minimum Gasteiger partial charge on any atom is -0.304 e. The summed E-state index contributed by atoms with van der Waals surface area (Å²) in [5.41, 5.74) is 1.95. The van der Waals surface area contributed by atoms with Crippen LogP contribution in [0, 0.1) is 0 Å². The zero-order valence-corrected chi connectivity index (χ0v) is 10.4. The SMILES string of the molecule is CCc1ccc(C(C)NCC(F)(F)C(F)F)cc1. The van der Waals surface area contributed by atoms with Gasteiger partial charge in [-0.25, -0.2) is 8.78 Å². The van der Waals surface area contributed by atoms with Gasteiger partial charge < -0.3 is 5.32 Å². The molecule has 5 heteroatoms. The molecule has 18 heavy (non-hydrogen) atoms. The molecule has 0 radical (unpaired) electrons. The van der Waals surface area contributed by atoms with Gasteiger partial charge in [0.15, 0.2) is 0 Å². The van der Waals surface area contributed by atoms with Crippen LogP contribution in [-0.4, -0.2) is 18.9 Å². The maximum atomic E-state index is 12.7. The molecule has 1 rings (SSSR count). The fourth-order valence-electron chi connectivity index (χ4n) is 1.53. The molecule has 0 bridgehead atoms. The van der Waals surface area contributed by atoms with Gasteiger partial charge in [-0.1, -0.05) is 31.2 Å². The quantitative estimate of drug-likeness (QED) is 0.770. The molecule has 0 aliphatic carbocycles. The van der Waals surface area contributed by atoms with E-state index in [4.69, 9.17) is 0 Å². The molecule has 0 amide bonds. The molecule has 1 N–H and O–H groups in total. The molecule has 1 unspecified atom stereocenters. The van der Waals surface area contributed by atoms with Crippen LogP contribution < -0.4 is 5.32 Å². The number of rotatable bonds is 6. The monoisotopic (exact) mass is 263 g/mol. The van der Waals surface area contributed by atoms with Crippen LogP contribution in [0.5, 0.6) is 0 Å². The van der Waals surface area contributed by atoms with Crippen LogP contribution in [0.3, 0.4) is 0 Å². The lowest BCUT2D eigenvalue weighted by Gasteiger charge is -2.20. The van der Waals surface area contributed by atoms with E-state index in [1.807, 2.05) is 31.2 Å². The molecule has 0 saturated heterocycles. The molecule has 0 aromatic heterocycles. The van der Waals surface area contributed by atoms with Gasteiger partial charge in [0.05, 0.1) is 6.54 Å². The van der Waals surface area contributed by atoms with E-state index in [9.17, 15) is 17.6 Å². The van der Waals surface area contributed by atoms with Gasteiger partial charge in [0.2, 0.25) is 0 Å². The first kappa shape index (κ1) is 15.0. The Morgan fingerprint density at radius 3 is 2.17 bits per heavy atom. The first-order valence-corrected chi connectivity index (χ1v) is 5.85. The largest absolute Gasteiger partial charge is 0.319 e. The Morgan fingerprint density at radius 2 is 1.72 bits per heavy atom. The number of halogens is 4. The second-order valence-corrected chi connectivity index (χ2v) is 4.26. The number of hydrogen-bond donors (Lipinski definition) is 1. The summed E-state index contributed by atoms with van der Waals surface area (Å²) >= 11 is 0. The Hall–Kier alpha value is -1.10. The van der Waals surface area contributed by atoms with Crippen molar-refractivity contribution in [3.63, 3.8) is 0 Å². The molecule has 0 fully saturated rings. The Bertz CT molecular complexity index is 362. The third-order valence-corrected chi connectivity index (χ3v) is 2.85. The number of aryl methyl sites for hydroxylation is 1. The van der Waals surface area contributed by atoms with E-state index in [0.29, 0.717) is 0 Å². The molecule has 0 aliphatic rings. The van der Waals surface area contributed by atoms with E-state index >= 15 is 0 Å². The van der Waals surface area contributed by atoms with Crippen molar-refractivity contribution >= 4 is 0 Å². The fraction of sp³-hybridized carbons (Fsp3) is 0.538. The summed E-state index contributed by atoms with van der Waals surface area (Å²) in [5, 5.41) is 2.43. The topological polar surface area (TPSA) is 12.0 Å². The van der Waals surface area contributed by atoms with Crippen LogP contribution in [0.2, 0.25) is 0 Å². The van der Waals surface area contributed by atoms with Gasteiger partial charge in [-0.2, -0.15) is 8.78 Å². The van der Waals surface area contributed by atoms with Crippen molar-refractivity contribution in [1.29, 1.82) is 0 Å². The lowest BCUT2D eigenvalue weighted by Crippen LogP contribution is -2.39. The van der Waals surface area contributed by atoms with E-state index in [0.717, 1.165) is 17.5 Å². The smallest absolute Gasteiger partial charge is 0.304 e. The maximum absolute atomic E-state index is 12.7. The van der Waals surface area contributed by atoms with Crippen molar-refractivity contribution < 1.29 is 17.6 Å². The third kappa shape index (κ3) is 3.98. The number of alkyl halides is 4. The summed E-state index contributed by atoms with van der Waals surface area (Å²) < 4.78 is 49.4. The summed E-state index contributed by atoms with van der Waals surface area (Å²) in [6.45, 7) is 2.66. The minimum atomic E-state index is -3.99. The fourth-order valence-corrected chi connectivity index (χ4v) is 1.53. The molecule has 1 aromatic carbocycles. The van der Waals surface area contributed by atoms with Crippen molar-refractivity contribution in [3.8, 4) is 0 Å². The molecule has 102 valence electrons. The first-order valence-electron chi connectivity index (χ1n) is 5.85. The first-order chi connectivity index (χ1) is 8.36. The molecule has 0 aliphatic heterocycles. The lowest BCUT2D eigenvalue weighted by molar-refractivity contribution is -0.126. The normalized spacial score (nSPS) is 13.9. The van der Waals surface area contributed by atoms with E-state index in [-0.39, 0.29) is 6.04 Å². The van der Waals surface area contributed by atoms with Gasteiger partial charge in [-0.3, -0.25) is 0 Å². The minimum absolute atomic E-state index is 0.388.